The molecule has 0 aliphatic heterocycles. The van der Waals surface area contributed by atoms with E-state index in [0.29, 0.717) is 28.9 Å². The van der Waals surface area contributed by atoms with Gasteiger partial charge < -0.3 is 15.8 Å². The molecular formula is C15H22N2O2. The van der Waals surface area contributed by atoms with Crippen LogP contribution in [-0.4, -0.2) is 19.1 Å². The number of nitrogens with one attached hydrogen (secondary N) is 1. The number of methoxy groups -OCH3 is 1. The summed E-state index contributed by atoms with van der Waals surface area (Å²) in [6.07, 6.45) is 5.08. The third-order valence-corrected chi connectivity index (χ3v) is 3.98. The van der Waals surface area contributed by atoms with Crippen LogP contribution >= 0.6 is 0 Å². The summed E-state index contributed by atoms with van der Waals surface area (Å²) in [4.78, 5) is 11.8. The molecule has 1 saturated carbocycles. The van der Waals surface area contributed by atoms with Crippen LogP contribution in [0.25, 0.3) is 0 Å². The number of para-hydroxylation sites is 1. The van der Waals surface area contributed by atoms with Crippen LogP contribution in [-0.2, 0) is 4.74 Å². The number of carbonyl (C=O) groups excluding carboxylic acids is 1. The smallest absolute Gasteiger partial charge is 0.340 e. The maximum atomic E-state index is 11.8. The number of esters is 1. The van der Waals surface area contributed by atoms with Crippen molar-refractivity contribution in [1.29, 1.82) is 0 Å². The van der Waals surface area contributed by atoms with Crippen molar-refractivity contribution in [1.82, 2.24) is 0 Å². The Bertz CT molecular complexity index is 453. The van der Waals surface area contributed by atoms with Crippen molar-refractivity contribution in [2.24, 2.45) is 5.92 Å². The van der Waals surface area contributed by atoms with Crippen molar-refractivity contribution in [2.45, 2.75) is 38.6 Å². The van der Waals surface area contributed by atoms with E-state index in [2.05, 4.69) is 12.2 Å². The Hall–Kier alpha value is -1.71. The van der Waals surface area contributed by atoms with Crippen LogP contribution in [0.4, 0.5) is 11.4 Å². The molecule has 104 valence electrons. The highest BCUT2D eigenvalue weighted by Crippen LogP contribution is 2.32. The average Bonchev–Trinajstić information content (AvgIpc) is 2.94. The van der Waals surface area contributed by atoms with E-state index in [-0.39, 0.29) is 5.97 Å². The van der Waals surface area contributed by atoms with E-state index in [1.807, 2.05) is 0 Å². The predicted molar refractivity (Wildman–Crippen MR) is 77.2 cm³/mol. The molecule has 1 aliphatic rings. The van der Waals surface area contributed by atoms with Crippen molar-refractivity contribution in [3.05, 3.63) is 23.8 Å². The molecule has 0 saturated heterocycles. The Morgan fingerprint density at radius 3 is 2.74 bits per heavy atom. The molecule has 3 N–H and O–H groups in total. The normalized spacial score (nSPS) is 17.2. The van der Waals surface area contributed by atoms with Gasteiger partial charge in [-0.25, -0.2) is 4.79 Å². The molecule has 0 heterocycles. The first kappa shape index (κ1) is 13.7. The monoisotopic (exact) mass is 262 g/mol. The van der Waals surface area contributed by atoms with Gasteiger partial charge in [-0.2, -0.15) is 0 Å². The molecule has 1 aromatic rings. The molecule has 1 aromatic carbocycles. The van der Waals surface area contributed by atoms with E-state index in [1.165, 1.54) is 32.8 Å². The number of benzene rings is 1. The Labute approximate surface area is 114 Å². The maximum absolute atomic E-state index is 11.8. The lowest BCUT2D eigenvalue weighted by Gasteiger charge is -2.23. The summed E-state index contributed by atoms with van der Waals surface area (Å²) >= 11 is 0. The second-order valence-electron chi connectivity index (χ2n) is 5.24. The summed E-state index contributed by atoms with van der Waals surface area (Å²) in [7, 11) is 1.38. The second-order valence-corrected chi connectivity index (χ2v) is 5.24. The fourth-order valence-corrected chi connectivity index (χ4v) is 2.81. The molecule has 1 unspecified atom stereocenters. The van der Waals surface area contributed by atoms with Gasteiger partial charge in [-0.3, -0.25) is 0 Å². The average molecular weight is 262 g/mol. The third-order valence-electron chi connectivity index (χ3n) is 3.98. The zero-order chi connectivity index (χ0) is 13.8. The number of nitrogen functional groups attached to an aromatic ring is 1. The highest BCUT2D eigenvalue weighted by Gasteiger charge is 2.23. The fraction of sp³-hybridized carbons (Fsp3) is 0.533. The highest BCUT2D eigenvalue weighted by molar-refractivity contribution is 5.98. The molecule has 1 atom stereocenters. The Kier molecular flexibility index (Phi) is 4.30. The van der Waals surface area contributed by atoms with Gasteiger partial charge >= 0.3 is 5.97 Å². The third kappa shape index (κ3) is 3.00. The molecule has 19 heavy (non-hydrogen) atoms. The molecule has 1 fully saturated rings. The van der Waals surface area contributed by atoms with Gasteiger partial charge in [0.15, 0.2) is 0 Å². The van der Waals surface area contributed by atoms with Crippen LogP contribution in [0.15, 0.2) is 18.2 Å². The van der Waals surface area contributed by atoms with E-state index in [4.69, 9.17) is 10.5 Å². The summed E-state index contributed by atoms with van der Waals surface area (Å²) in [5, 5.41) is 3.41. The Balaban J connectivity index is 2.20. The number of anilines is 2. The molecule has 0 aromatic heterocycles. The van der Waals surface area contributed by atoms with Gasteiger partial charge in [0, 0.05) is 6.04 Å². The van der Waals surface area contributed by atoms with E-state index in [9.17, 15) is 4.79 Å². The maximum Gasteiger partial charge on any atom is 0.340 e. The van der Waals surface area contributed by atoms with Gasteiger partial charge in [0.05, 0.1) is 24.0 Å². The lowest BCUT2D eigenvalue weighted by atomic mass is 9.99. The Morgan fingerprint density at radius 2 is 2.11 bits per heavy atom. The van der Waals surface area contributed by atoms with Crippen LogP contribution < -0.4 is 11.1 Å². The fourth-order valence-electron chi connectivity index (χ4n) is 2.81. The first-order valence-corrected chi connectivity index (χ1v) is 6.87. The van der Waals surface area contributed by atoms with Gasteiger partial charge in [-0.05, 0) is 37.8 Å². The van der Waals surface area contributed by atoms with Crippen molar-refractivity contribution >= 4 is 17.3 Å². The van der Waals surface area contributed by atoms with Gasteiger partial charge in [0.2, 0.25) is 0 Å². The van der Waals surface area contributed by atoms with E-state index >= 15 is 0 Å². The molecular weight excluding hydrogens is 240 g/mol. The number of hydrogen-bond acceptors (Lipinski definition) is 4. The van der Waals surface area contributed by atoms with Crippen molar-refractivity contribution in [3.8, 4) is 0 Å². The Morgan fingerprint density at radius 1 is 1.42 bits per heavy atom. The lowest BCUT2D eigenvalue weighted by Crippen LogP contribution is -2.25. The SMILES string of the molecule is COC(=O)c1cccc(N)c1NC(C)C1CCCC1. The topological polar surface area (TPSA) is 64.3 Å². The van der Waals surface area contributed by atoms with E-state index in [1.54, 1.807) is 18.2 Å². The summed E-state index contributed by atoms with van der Waals surface area (Å²) in [5.41, 5.74) is 7.79. The number of hydrogen-bond donors (Lipinski definition) is 2. The van der Waals surface area contributed by atoms with Gasteiger partial charge in [-0.1, -0.05) is 18.9 Å². The highest BCUT2D eigenvalue weighted by atomic mass is 16.5. The number of nitrogens with two attached hydrogens (primary N) is 1. The minimum Gasteiger partial charge on any atom is -0.465 e. The van der Waals surface area contributed by atoms with Crippen LogP contribution in [0, 0.1) is 5.92 Å². The second kappa shape index (κ2) is 5.95. The first-order chi connectivity index (χ1) is 9.13. The van der Waals surface area contributed by atoms with Crippen LogP contribution in [0.2, 0.25) is 0 Å². The zero-order valence-electron chi connectivity index (χ0n) is 11.6. The lowest BCUT2D eigenvalue weighted by molar-refractivity contribution is 0.0602. The van der Waals surface area contributed by atoms with Crippen LogP contribution in [0.1, 0.15) is 43.0 Å². The van der Waals surface area contributed by atoms with Crippen molar-refractivity contribution in [3.63, 3.8) is 0 Å². The molecule has 1 aliphatic carbocycles. The van der Waals surface area contributed by atoms with Gasteiger partial charge in [-0.15, -0.1) is 0 Å². The largest absolute Gasteiger partial charge is 0.465 e. The number of ether oxygens (including phenoxy) is 1. The molecule has 2 rings (SSSR count). The van der Waals surface area contributed by atoms with Crippen molar-refractivity contribution in [2.75, 3.05) is 18.2 Å². The molecule has 0 bridgehead atoms. The van der Waals surface area contributed by atoms with Crippen molar-refractivity contribution < 1.29 is 9.53 Å². The van der Waals surface area contributed by atoms with Crippen LogP contribution in [0.3, 0.4) is 0 Å². The molecule has 4 heteroatoms. The van der Waals surface area contributed by atoms with E-state index < -0.39 is 0 Å². The summed E-state index contributed by atoms with van der Waals surface area (Å²) in [6.45, 7) is 2.16. The van der Waals surface area contributed by atoms with Gasteiger partial charge in [0.25, 0.3) is 0 Å². The molecule has 4 nitrogen and oxygen atoms in total. The summed E-state index contributed by atoms with van der Waals surface area (Å²) in [5.74, 6) is 0.304. The molecule has 0 radical (unpaired) electrons. The van der Waals surface area contributed by atoms with E-state index in [0.717, 1.165) is 0 Å². The zero-order valence-corrected chi connectivity index (χ0v) is 11.6. The minimum absolute atomic E-state index is 0.315. The molecule has 0 amide bonds. The van der Waals surface area contributed by atoms with Crippen LogP contribution in [0.5, 0.6) is 0 Å². The summed E-state index contributed by atoms with van der Waals surface area (Å²) < 4.78 is 4.80. The quantitative estimate of drug-likeness (QED) is 0.646. The molecule has 0 spiro atoms. The number of rotatable bonds is 4. The standard InChI is InChI=1S/C15H22N2O2/c1-10(11-6-3-4-7-11)17-14-12(15(18)19-2)8-5-9-13(14)16/h5,8-11,17H,3-4,6-7,16H2,1-2H3. The predicted octanol–water partition coefficient (Wildman–Crippen LogP) is 3.05. The minimum atomic E-state index is -0.353. The van der Waals surface area contributed by atoms with Gasteiger partial charge in [0.1, 0.15) is 0 Å². The first-order valence-electron chi connectivity index (χ1n) is 6.87. The number of carbonyl (C=O) groups is 1. The summed E-state index contributed by atoms with van der Waals surface area (Å²) in [6, 6.07) is 5.63.